The SMILES string of the molecule is C=CC(Cl)c1cc(F)ccc1F. The van der Waals surface area contributed by atoms with Gasteiger partial charge in [0.05, 0.1) is 5.38 Å². The molecule has 12 heavy (non-hydrogen) atoms. The number of hydrogen-bond acceptors (Lipinski definition) is 0. The van der Waals surface area contributed by atoms with E-state index in [-0.39, 0.29) is 5.56 Å². The van der Waals surface area contributed by atoms with Gasteiger partial charge in [-0.25, -0.2) is 8.78 Å². The molecule has 0 spiro atoms. The quantitative estimate of drug-likeness (QED) is 0.493. The van der Waals surface area contributed by atoms with Gasteiger partial charge in [-0.1, -0.05) is 6.08 Å². The van der Waals surface area contributed by atoms with Gasteiger partial charge in [-0.05, 0) is 18.2 Å². The minimum absolute atomic E-state index is 0.117. The van der Waals surface area contributed by atoms with E-state index in [0.717, 1.165) is 18.2 Å². The summed E-state index contributed by atoms with van der Waals surface area (Å²) >= 11 is 5.64. The Bertz CT molecular complexity index is 297. The Morgan fingerprint density at radius 2 is 2.08 bits per heavy atom. The van der Waals surface area contributed by atoms with E-state index in [1.54, 1.807) is 0 Å². The maximum absolute atomic E-state index is 12.9. The number of allylic oxidation sites excluding steroid dienone is 1. The van der Waals surface area contributed by atoms with E-state index in [0.29, 0.717) is 0 Å². The number of hydrogen-bond donors (Lipinski definition) is 0. The van der Waals surface area contributed by atoms with Crippen molar-refractivity contribution in [1.82, 2.24) is 0 Å². The molecule has 0 saturated carbocycles. The van der Waals surface area contributed by atoms with E-state index in [1.165, 1.54) is 6.08 Å². The van der Waals surface area contributed by atoms with Gasteiger partial charge >= 0.3 is 0 Å². The fourth-order valence-corrected chi connectivity index (χ4v) is 1.02. The van der Waals surface area contributed by atoms with E-state index in [4.69, 9.17) is 11.6 Å². The molecule has 0 amide bonds. The summed E-state index contributed by atoms with van der Waals surface area (Å²) in [5, 5.41) is -0.680. The van der Waals surface area contributed by atoms with Crippen molar-refractivity contribution in [3.05, 3.63) is 48.1 Å². The van der Waals surface area contributed by atoms with Crippen LogP contribution >= 0.6 is 11.6 Å². The molecule has 0 heterocycles. The molecular formula is C9H7ClF2. The van der Waals surface area contributed by atoms with Gasteiger partial charge in [0, 0.05) is 5.56 Å². The standard InChI is InChI=1S/C9H7ClF2/c1-2-8(10)7-5-6(11)3-4-9(7)12/h2-5,8H,1H2. The zero-order valence-electron chi connectivity index (χ0n) is 6.23. The summed E-state index contributed by atoms with van der Waals surface area (Å²) in [4.78, 5) is 0. The highest BCUT2D eigenvalue weighted by atomic mass is 35.5. The molecule has 64 valence electrons. The fourth-order valence-electron chi connectivity index (χ4n) is 0.853. The monoisotopic (exact) mass is 188 g/mol. The predicted molar refractivity (Wildman–Crippen MR) is 45.1 cm³/mol. The molecule has 0 radical (unpaired) electrons. The lowest BCUT2D eigenvalue weighted by Gasteiger charge is -2.04. The highest BCUT2D eigenvalue weighted by molar-refractivity contribution is 6.21. The normalized spacial score (nSPS) is 12.6. The third kappa shape index (κ3) is 1.83. The lowest BCUT2D eigenvalue weighted by atomic mass is 10.1. The van der Waals surface area contributed by atoms with Gasteiger partial charge < -0.3 is 0 Å². The van der Waals surface area contributed by atoms with Crippen molar-refractivity contribution in [2.75, 3.05) is 0 Å². The summed E-state index contributed by atoms with van der Waals surface area (Å²) in [6, 6.07) is 3.16. The molecule has 3 heteroatoms. The van der Waals surface area contributed by atoms with E-state index in [9.17, 15) is 8.78 Å². The number of benzene rings is 1. The van der Waals surface area contributed by atoms with Crippen LogP contribution in [0.25, 0.3) is 0 Å². The van der Waals surface area contributed by atoms with Crippen molar-refractivity contribution >= 4 is 11.6 Å². The predicted octanol–water partition coefficient (Wildman–Crippen LogP) is 3.43. The maximum Gasteiger partial charge on any atom is 0.128 e. The number of alkyl halides is 1. The second-order valence-electron chi connectivity index (χ2n) is 2.30. The van der Waals surface area contributed by atoms with Crippen LogP contribution in [0.2, 0.25) is 0 Å². The average molecular weight is 189 g/mol. The van der Waals surface area contributed by atoms with Crippen LogP contribution in [-0.4, -0.2) is 0 Å². The molecule has 0 aliphatic heterocycles. The molecule has 0 N–H and O–H groups in total. The van der Waals surface area contributed by atoms with Gasteiger partial charge in [-0.3, -0.25) is 0 Å². The lowest BCUT2D eigenvalue weighted by Crippen LogP contribution is -1.92. The summed E-state index contributed by atoms with van der Waals surface area (Å²) in [7, 11) is 0. The van der Waals surface area contributed by atoms with Crippen molar-refractivity contribution in [1.29, 1.82) is 0 Å². The van der Waals surface area contributed by atoms with Gasteiger partial charge in [0.1, 0.15) is 11.6 Å². The van der Waals surface area contributed by atoms with Crippen molar-refractivity contribution in [3.63, 3.8) is 0 Å². The summed E-state index contributed by atoms with van der Waals surface area (Å²) in [5.74, 6) is -1.02. The first kappa shape index (κ1) is 9.20. The van der Waals surface area contributed by atoms with Crippen molar-refractivity contribution in [3.8, 4) is 0 Å². The molecule has 0 nitrogen and oxygen atoms in total. The Hall–Kier alpha value is -0.890. The van der Waals surface area contributed by atoms with Crippen LogP contribution in [0.4, 0.5) is 8.78 Å². The Labute approximate surface area is 74.5 Å². The van der Waals surface area contributed by atoms with Crippen molar-refractivity contribution in [2.45, 2.75) is 5.38 Å². The van der Waals surface area contributed by atoms with Gasteiger partial charge in [0.15, 0.2) is 0 Å². The lowest BCUT2D eigenvalue weighted by molar-refractivity contribution is 0.588. The zero-order chi connectivity index (χ0) is 9.14. The molecule has 1 aromatic rings. The second-order valence-corrected chi connectivity index (χ2v) is 2.77. The van der Waals surface area contributed by atoms with Crippen LogP contribution < -0.4 is 0 Å². The topological polar surface area (TPSA) is 0 Å². The van der Waals surface area contributed by atoms with Crippen molar-refractivity contribution < 1.29 is 8.78 Å². The molecule has 0 aliphatic rings. The van der Waals surface area contributed by atoms with E-state index >= 15 is 0 Å². The van der Waals surface area contributed by atoms with Crippen LogP contribution in [0.15, 0.2) is 30.9 Å². The van der Waals surface area contributed by atoms with Crippen LogP contribution in [0.3, 0.4) is 0 Å². The number of halogens is 3. The number of rotatable bonds is 2. The minimum atomic E-state index is -0.680. The second kappa shape index (κ2) is 3.68. The molecule has 0 fully saturated rings. The first-order valence-corrected chi connectivity index (χ1v) is 3.80. The third-order valence-electron chi connectivity index (χ3n) is 1.46. The van der Waals surface area contributed by atoms with E-state index in [1.807, 2.05) is 0 Å². The summed E-state index contributed by atoms with van der Waals surface area (Å²) in [6.45, 7) is 3.39. The van der Waals surface area contributed by atoms with Gasteiger partial charge in [-0.15, -0.1) is 18.2 Å². The Balaban J connectivity index is 3.12. The summed E-state index contributed by atoms with van der Waals surface area (Å²) in [5.41, 5.74) is 0.117. The molecule has 0 bridgehead atoms. The molecule has 0 aromatic heterocycles. The molecule has 0 aliphatic carbocycles. The smallest absolute Gasteiger partial charge is 0.128 e. The zero-order valence-corrected chi connectivity index (χ0v) is 6.98. The molecule has 1 unspecified atom stereocenters. The van der Waals surface area contributed by atoms with Crippen LogP contribution in [0.5, 0.6) is 0 Å². The van der Waals surface area contributed by atoms with E-state index < -0.39 is 17.0 Å². The average Bonchev–Trinajstić information content (AvgIpc) is 2.08. The third-order valence-corrected chi connectivity index (χ3v) is 1.88. The largest absolute Gasteiger partial charge is 0.207 e. The molecular weight excluding hydrogens is 182 g/mol. The highest BCUT2D eigenvalue weighted by Crippen LogP contribution is 2.24. The minimum Gasteiger partial charge on any atom is -0.207 e. The highest BCUT2D eigenvalue weighted by Gasteiger charge is 2.09. The first-order chi connectivity index (χ1) is 5.65. The summed E-state index contributed by atoms with van der Waals surface area (Å²) in [6.07, 6.45) is 1.35. The molecule has 1 rings (SSSR count). The maximum atomic E-state index is 12.9. The molecule has 1 aromatic carbocycles. The van der Waals surface area contributed by atoms with Crippen LogP contribution in [0, 0.1) is 11.6 Å². The molecule has 0 saturated heterocycles. The fraction of sp³-hybridized carbons (Fsp3) is 0.111. The van der Waals surface area contributed by atoms with Gasteiger partial charge in [0.2, 0.25) is 0 Å². The van der Waals surface area contributed by atoms with E-state index in [2.05, 4.69) is 6.58 Å². The van der Waals surface area contributed by atoms with Gasteiger partial charge in [0.25, 0.3) is 0 Å². The Morgan fingerprint density at radius 1 is 1.42 bits per heavy atom. The summed E-state index contributed by atoms with van der Waals surface area (Å²) < 4.78 is 25.5. The molecule has 1 atom stereocenters. The Kier molecular flexibility index (Phi) is 2.82. The van der Waals surface area contributed by atoms with Crippen LogP contribution in [-0.2, 0) is 0 Å². The van der Waals surface area contributed by atoms with Crippen molar-refractivity contribution in [2.24, 2.45) is 0 Å². The Morgan fingerprint density at radius 3 is 2.67 bits per heavy atom. The van der Waals surface area contributed by atoms with Crippen LogP contribution in [0.1, 0.15) is 10.9 Å². The first-order valence-electron chi connectivity index (χ1n) is 3.36. The van der Waals surface area contributed by atoms with Gasteiger partial charge in [-0.2, -0.15) is 0 Å².